The highest BCUT2D eigenvalue weighted by atomic mass is 16.7. The quantitative estimate of drug-likeness (QED) is 0.511. The normalized spacial score (nSPS) is 19.8. The molecule has 2 heterocycles. The summed E-state index contributed by atoms with van der Waals surface area (Å²) in [5.41, 5.74) is 1.15. The minimum absolute atomic E-state index is 0.167. The number of hydrogen-bond acceptors (Lipinski definition) is 5. The second-order valence-electron chi connectivity index (χ2n) is 8.92. The molecule has 1 saturated carbocycles. The Labute approximate surface area is 186 Å². The van der Waals surface area contributed by atoms with Crippen molar-refractivity contribution in [3.05, 3.63) is 54.2 Å². The number of rotatable bonds is 9. The van der Waals surface area contributed by atoms with Gasteiger partial charge in [0, 0.05) is 24.2 Å². The molecule has 1 aromatic heterocycles. The predicted octanol–water partition coefficient (Wildman–Crippen LogP) is 5.30. The fourth-order valence-electron chi connectivity index (χ4n) is 4.84. The van der Waals surface area contributed by atoms with Crippen LogP contribution in [-0.4, -0.2) is 43.0 Å². The smallest absolute Gasteiger partial charge is 0.217 e. The number of aromatic nitrogens is 1. The molecule has 168 valence electrons. The van der Waals surface area contributed by atoms with Gasteiger partial charge < -0.3 is 14.2 Å². The van der Waals surface area contributed by atoms with Gasteiger partial charge in [-0.2, -0.15) is 0 Å². The molecule has 4 rings (SSSR count). The summed E-state index contributed by atoms with van der Waals surface area (Å²) in [7, 11) is 1.69. The second kappa shape index (κ2) is 11.5. The highest BCUT2D eigenvalue weighted by molar-refractivity contribution is 5.25. The molecule has 1 atom stereocenters. The summed E-state index contributed by atoms with van der Waals surface area (Å²) in [5.74, 6) is 2.73. The first kappa shape index (κ1) is 22.1. The molecule has 5 heteroatoms. The number of ether oxygens (including phenoxy) is 3. The van der Waals surface area contributed by atoms with Crippen molar-refractivity contribution in [3.8, 4) is 11.6 Å². The standard InChI is InChI=1S/C26H36N2O3/c1-29-25-23(11-8-16-27-25)19-28-17-14-22(15-18-28)26(31-24-12-6-3-7-13-24)30-20-21-9-4-2-5-10-21/h3,6-8,11-13,16,21-22,26H,2,4-5,9-10,14-15,17-20H2,1H3. The van der Waals surface area contributed by atoms with Crippen molar-refractivity contribution in [2.24, 2.45) is 11.8 Å². The van der Waals surface area contributed by atoms with E-state index >= 15 is 0 Å². The molecule has 0 amide bonds. The Balaban J connectivity index is 1.34. The van der Waals surface area contributed by atoms with E-state index < -0.39 is 0 Å². The zero-order valence-corrected chi connectivity index (χ0v) is 18.7. The molecule has 31 heavy (non-hydrogen) atoms. The van der Waals surface area contributed by atoms with Crippen LogP contribution in [0.4, 0.5) is 0 Å². The van der Waals surface area contributed by atoms with Crippen LogP contribution in [0.3, 0.4) is 0 Å². The van der Waals surface area contributed by atoms with Crippen molar-refractivity contribution >= 4 is 0 Å². The van der Waals surface area contributed by atoms with Crippen LogP contribution >= 0.6 is 0 Å². The maximum absolute atomic E-state index is 6.44. The Hall–Kier alpha value is -2.11. The van der Waals surface area contributed by atoms with Crippen molar-refractivity contribution in [1.29, 1.82) is 0 Å². The molecule has 1 aliphatic heterocycles. The van der Waals surface area contributed by atoms with E-state index in [0.29, 0.717) is 11.8 Å². The Bertz CT molecular complexity index is 771. The van der Waals surface area contributed by atoms with Gasteiger partial charge in [0.25, 0.3) is 0 Å². The van der Waals surface area contributed by atoms with Gasteiger partial charge >= 0.3 is 0 Å². The molecule has 1 saturated heterocycles. The summed E-state index contributed by atoms with van der Waals surface area (Å²) >= 11 is 0. The SMILES string of the molecule is COc1ncccc1CN1CCC(C(OCC2CCCCC2)Oc2ccccc2)CC1. The van der Waals surface area contributed by atoms with E-state index in [-0.39, 0.29) is 6.29 Å². The fraction of sp³-hybridized carbons (Fsp3) is 0.577. The Kier molecular flexibility index (Phi) is 8.19. The van der Waals surface area contributed by atoms with E-state index in [9.17, 15) is 0 Å². The minimum Gasteiger partial charge on any atom is -0.481 e. The lowest BCUT2D eigenvalue weighted by atomic mass is 9.90. The van der Waals surface area contributed by atoms with Gasteiger partial charge in [0.05, 0.1) is 13.7 Å². The van der Waals surface area contributed by atoms with E-state index in [1.807, 2.05) is 36.4 Å². The first-order chi connectivity index (χ1) is 15.3. The largest absolute Gasteiger partial charge is 0.481 e. The van der Waals surface area contributed by atoms with Crippen LogP contribution in [0, 0.1) is 11.8 Å². The number of methoxy groups -OCH3 is 1. The highest BCUT2D eigenvalue weighted by Crippen LogP contribution is 2.29. The van der Waals surface area contributed by atoms with Crippen molar-refractivity contribution < 1.29 is 14.2 Å². The maximum atomic E-state index is 6.44. The van der Waals surface area contributed by atoms with E-state index in [4.69, 9.17) is 14.2 Å². The van der Waals surface area contributed by atoms with E-state index in [2.05, 4.69) is 16.0 Å². The highest BCUT2D eigenvalue weighted by Gasteiger charge is 2.30. The molecule has 0 radical (unpaired) electrons. The molecule has 2 fully saturated rings. The second-order valence-corrected chi connectivity index (χ2v) is 8.92. The maximum Gasteiger partial charge on any atom is 0.217 e. The van der Waals surface area contributed by atoms with Crippen LogP contribution in [0.5, 0.6) is 11.6 Å². The number of para-hydroxylation sites is 1. The van der Waals surface area contributed by atoms with Gasteiger partial charge in [-0.05, 0) is 62.9 Å². The van der Waals surface area contributed by atoms with Gasteiger partial charge in [-0.3, -0.25) is 4.90 Å². The van der Waals surface area contributed by atoms with Crippen LogP contribution in [0.1, 0.15) is 50.5 Å². The monoisotopic (exact) mass is 424 g/mol. The number of pyridine rings is 1. The predicted molar refractivity (Wildman–Crippen MR) is 122 cm³/mol. The number of hydrogen-bond donors (Lipinski definition) is 0. The molecule has 2 aromatic rings. The topological polar surface area (TPSA) is 43.8 Å². The molecular formula is C26H36N2O3. The number of piperidine rings is 1. The third-order valence-electron chi connectivity index (χ3n) is 6.67. The molecule has 0 N–H and O–H groups in total. The Morgan fingerprint density at radius 3 is 2.48 bits per heavy atom. The zero-order valence-electron chi connectivity index (χ0n) is 18.7. The van der Waals surface area contributed by atoms with Gasteiger partial charge in [0.2, 0.25) is 12.2 Å². The van der Waals surface area contributed by atoms with Crippen LogP contribution < -0.4 is 9.47 Å². The number of nitrogens with zero attached hydrogens (tertiary/aromatic N) is 2. The molecule has 1 unspecified atom stereocenters. The fourth-order valence-corrected chi connectivity index (χ4v) is 4.84. The summed E-state index contributed by atoms with van der Waals surface area (Å²) < 4.78 is 18.2. The minimum atomic E-state index is -0.167. The Morgan fingerprint density at radius 2 is 1.74 bits per heavy atom. The lowest BCUT2D eigenvalue weighted by molar-refractivity contribution is -0.137. The summed E-state index contributed by atoms with van der Waals surface area (Å²) in [6, 6.07) is 14.2. The lowest BCUT2D eigenvalue weighted by Gasteiger charge is -2.36. The van der Waals surface area contributed by atoms with Gasteiger partial charge in [0.15, 0.2) is 0 Å². The van der Waals surface area contributed by atoms with Crippen molar-refractivity contribution in [2.75, 3.05) is 26.8 Å². The van der Waals surface area contributed by atoms with Crippen LogP contribution in [0.25, 0.3) is 0 Å². The first-order valence-electron chi connectivity index (χ1n) is 11.9. The van der Waals surface area contributed by atoms with Crippen molar-refractivity contribution in [3.63, 3.8) is 0 Å². The van der Waals surface area contributed by atoms with Crippen LogP contribution in [0.15, 0.2) is 48.7 Å². The van der Waals surface area contributed by atoms with Gasteiger partial charge in [-0.1, -0.05) is 43.5 Å². The molecule has 0 bridgehead atoms. The number of benzene rings is 1. The summed E-state index contributed by atoms with van der Waals surface area (Å²) in [6.45, 7) is 3.76. The zero-order chi connectivity index (χ0) is 21.3. The molecule has 1 aromatic carbocycles. The van der Waals surface area contributed by atoms with E-state index in [1.165, 1.54) is 32.1 Å². The lowest BCUT2D eigenvalue weighted by Crippen LogP contribution is -2.41. The first-order valence-corrected chi connectivity index (χ1v) is 11.9. The average molecular weight is 425 g/mol. The van der Waals surface area contributed by atoms with Gasteiger partial charge in [-0.25, -0.2) is 4.98 Å². The molecule has 2 aliphatic rings. The molecular weight excluding hydrogens is 388 g/mol. The average Bonchev–Trinajstić information content (AvgIpc) is 2.84. The summed E-state index contributed by atoms with van der Waals surface area (Å²) in [5, 5.41) is 0. The summed E-state index contributed by atoms with van der Waals surface area (Å²) in [6.07, 6.45) is 10.4. The van der Waals surface area contributed by atoms with Gasteiger partial charge in [0.1, 0.15) is 5.75 Å². The molecule has 1 aliphatic carbocycles. The third kappa shape index (κ3) is 6.44. The van der Waals surface area contributed by atoms with Crippen LogP contribution in [-0.2, 0) is 11.3 Å². The third-order valence-corrected chi connectivity index (χ3v) is 6.67. The molecule has 0 spiro atoms. The Morgan fingerprint density at radius 1 is 0.968 bits per heavy atom. The van der Waals surface area contributed by atoms with E-state index in [1.54, 1.807) is 13.3 Å². The van der Waals surface area contributed by atoms with E-state index in [0.717, 1.165) is 56.3 Å². The van der Waals surface area contributed by atoms with Crippen LogP contribution in [0.2, 0.25) is 0 Å². The number of likely N-dealkylation sites (tertiary alicyclic amines) is 1. The summed E-state index contributed by atoms with van der Waals surface area (Å²) in [4.78, 5) is 6.82. The van der Waals surface area contributed by atoms with Crippen molar-refractivity contribution in [1.82, 2.24) is 9.88 Å². The molecule has 5 nitrogen and oxygen atoms in total. The van der Waals surface area contributed by atoms with Crippen molar-refractivity contribution in [2.45, 2.75) is 57.8 Å². The van der Waals surface area contributed by atoms with Gasteiger partial charge in [-0.15, -0.1) is 0 Å².